The molecule has 11 heteroatoms. The number of halogens is 4. The van der Waals surface area contributed by atoms with Gasteiger partial charge in [0.05, 0.1) is 16.7 Å². The van der Waals surface area contributed by atoms with E-state index in [1.54, 1.807) is 6.07 Å². The zero-order valence-corrected chi connectivity index (χ0v) is 13.6. The number of nitrogens with one attached hydrogen (secondary N) is 1. The fourth-order valence-electron chi connectivity index (χ4n) is 1.90. The lowest BCUT2D eigenvalue weighted by atomic mass is 10.3. The van der Waals surface area contributed by atoms with Crippen LogP contribution in [0.15, 0.2) is 18.5 Å². The van der Waals surface area contributed by atoms with E-state index >= 15 is 0 Å². The summed E-state index contributed by atoms with van der Waals surface area (Å²) >= 11 is 6.38. The van der Waals surface area contributed by atoms with Gasteiger partial charge in [0, 0.05) is 13.3 Å². The Morgan fingerprint density at radius 1 is 1.25 bits per heavy atom. The number of methoxy groups -OCH3 is 1. The monoisotopic (exact) mass is 375 g/mol. The molecule has 0 fully saturated rings. The van der Waals surface area contributed by atoms with E-state index < -0.39 is 11.2 Å². The van der Waals surface area contributed by atoms with Crippen LogP contribution < -0.4 is 5.32 Å². The molecule has 24 heavy (non-hydrogen) atoms. The van der Waals surface area contributed by atoms with E-state index in [4.69, 9.17) is 16.3 Å². The number of hydrogen-bond donors (Lipinski definition) is 1. The first-order valence-corrected chi connectivity index (χ1v) is 7.67. The summed E-state index contributed by atoms with van der Waals surface area (Å²) in [5, 5.41) is 2.42. The zero-order chi connectivity index (χ0) is 17.3. The quantitative estimate of drug-likeness (QED) is 0.741. The minimum atomic E-state index is -4.49. The highest BCUT2D eigenvalue weighted by atomic mass is 35.5. The summed E-state index contributed by atoms with van der Waals surface area (Å²) in [7, 11) is 1.48. The number of anilines is 2. The lowest BCUT2D eigenvalue weighted by Crippen LogP contribution is -2.03. The summed E-state index contributed by atoms with van der Waals surface area (Å²) in [6.07, 6.45) is -2.00. The molecule has 3 heterocycles. The van der Waals surface area contributed by atoms with Crippen molar-refractivity contribution < 1.29 is 17.9 Å². The average Bonchev–Trinajstić information content (AvgIpc) is 2.96. The predicted molar refractivity (Wildman–Crippen MR) is 83.5 cm³/mol. The highest BCUT2D eigenvalue weighted by Gasteiger charge is 2.34. The summed E-state index contributed by atoms with van der Waals surface area (Å²) in [5.74, 6) is 0.596. The second kappa shape index (κ2) is 6.46. The maximum absolute atomic E-state index is 12.7. The third-order valence-corrected chi connectivity index (χ3v) is 3.98. The molecule has 3 aromatic rings. The van der Waals surface area contributed by atoms with Crippen LogP contribution in [0.2, 0.25) is 5.02 Å². The maximum Gasteiger partial charge on any atom is 0.443 e. The Morgan fingerprint density at radius 3 is 2.71 bits per heavy atom. The van der Waals surface area contributed by atoms with Crippen molar-refractivity contribution in [2.24, 2.45) is 0 Å². The highest BCUT2D eigenvalue weighted by Crippen LogP contribution is 2.35. The van der Waals surface area contributed by atoms with Crippen molar-refractivity contribution in [1.82, 2.24) is 19.9 Å². The molecule has 3 aromatic heterocycles. The summed E-state index contributed by atoms with van der Waals surface area (Å²) < 4.78 is 43.0. The number of rotatable bonds is 4. The first kappa shape index (κ1) is 16.8. The van der Waals surface area contributed by atoms with Gasteiger partial charge in [-0.05, 0) is 6.07 Å². The van der Waals surface area contributed by atoms with Crippen LogP contribution in [0, 0.1) is 0 Å². The van der Waals surface area contributed by atoms with Crippen molar-refractivity contribution in [1.29, 1.82) is 0 Å². The molecule has 0 saturated carbocycles. The third-order valence-electron chi connectivity index (χ3n) is 2.81. The molecular weight excluding hydrogens is 367 g/mol. The third kappa shape index (κ3) is 3.55. The molecule has 0 spiro atoms. The van der Waals surface area contributed by atoms with Gasteiger partial charge in [0.15, 0.2) is 16.6 Å². The Labute approximate surface area is 142 Å². The van der Waals surface area contributed by atoms with Crippen molar-refractivity contribution in [3.8, 4) is 0 Å². The Kier molecular flexibility index (Phi) is 4.52. The van der Waals surface area contributed by atoms with Crippen LogP contribution in [0.3, 0.4) is 0 Å². The van der Waals surface area contributed by atoms with E-state index in [1.807, 2.05) is 0 Å². The minimum absolute atomic E-state index is 0.133. The van der Waals surface area contributed by atoms with Gasteiger partial charge in [0.2, 0.25) is 0 Å². The SMILES string of the molecule is COCc1nc(Nc2cnc(C(F)(F)F)s2)c2ncc(Cl)cc2n1. The molecule has 0 amide bonds. The molecule has 0 aromatic carbocycles. The van der Waals surface area contributed by atoms with E-state index in [9.17, 15) is 13.2 Å². The second-order valence-electron chi connectivity index (χ2n) is 4.60. The van der Waals surface area contributed by atoms with E-state index in [1.165, 1.54) is 13.3 Å². The van der Waals surface area contributed by atoms with Crippen molar-refractivity contribution in [2.45, 2.75) is 12.8 Å². The molecule has 0 aliphatic rings. The first-order valence-electron chi connectivity index (χ1n) is 6.48. The summed E-state index contributed by atoms with van der Waals surface area (Å²) in [6.45, 7) is 0.133. The van der Waals surface area contributed by atoms with Gasteiger partial charge in [-0.15, -0.1) is 0 Å². The largest absolute Gasteiger partial charge is 0.443 e. The predicted octanol–water partition coefficient (Wildman–Crippen LogP) is 4.04. The van der Waals surface area contributed by atoms with Gasteiger partial charge >= 0.3 is 6.18 Å². The van der Waals surface area contributed by atoms with Crippen molar-refractivity contribution in [3.63, 3.8) is 0 Å². The summed E-state index contributed by atoms with van der Waals surface area (Å²) in [4.78, 5) is 16.0. The number of ether oxygens (including phenoxy) is 1. The topological polar surface area (TPSA) is 72.8 Å². The van der Waals surface area contributed by atoms with Crippen molar-refractivity contribution in [3.05, 3.63) is 34.3 Å². The number of hydrogen-bond acceptors (Lipinski definition) is 7. The van der Waals surface area contributed by atoms with Gasteiger partial charge in [0.1, 0.15) is 17.1 Å². The van der Waals surface area contributed by atoms with Crippen LogP contribution in [0.1, 0.15) is 10.8 Å². The van der Waals surface area contributed by atoms with Crippen LogP contribution >= 0.6 is 22.9 Å². The lowest BCUT2D eigenvalue weighted by molar-refractivity contribution is -0.137. The molecule has 126 valence electrons. The molecule has 0 aliphatic carbocycles. The normalized spacial score (nSPS) is 11.9. The average molecular weight is 376 g/mol. The Balaban J connectivity index is 2.02. The molecule has 0 bridgehead atoms. The second-order valence-corrected chi connectivity index (χ2v) is 6.06. The molecule has 0 aliphatic heterocycles. The van der Waals surface area contributed by atoms with E-state index in [0.29, 0.717) is 33.2 Å². The highest BCUT2D eigenvalue weighted by molar-refractivity contribution is 7.15. The molecule has 0 radical (unpaired) electrons. The van der Waals surface area contributed by atoms with Gasteiger partial charge in [-0.1, -0.05) is 22.9 Å². The summed E-state index contributed by atoms with van der Waals surface area (Å²) in [5.41, 5.74) is 0.828. The Morgan fingerprint density at radius 2 is 2.04 bits per heavy atom. The van der Waals surface area contributed by atoms with Crippen LogP contribution in [-0.2, 0) is 17.5 Å². The van der Waals surface area contributed by atoms with Gasteiger partial charge in [-0.3, -0.25) is 0 Å². The maximum atomic E-state index is 12.7. The van der Waals surface area contributed by atoms with Gasteiger partial charge in [-0.2, -0.15) is 13.2 Å². The number of thiazole rings is 1. The lowest BCUT2D eigenvalue weighted by Gasteiger charge is -2.08. The van der Waals surface area contributed by atoms with E-state index in [2.05, 4.69) is 25.3 Å². The number of alkyl halides is 3. The van der Waals surface area contributed by atoms with Crippen molar-refractivity contribution >= 4 is 44.8 Å². The Hall–Kier alpha value is -2.04. The molecule has 3 rings (SSSR count). The molecule has 0 saturated heterocycles. The van der Waals surface area contributed by atoms with Crippen LogP contribution in [0.4, 0.5) is 24.0 Å². The molecule has 0 atom stereocenters. The molecule has 6 nitrogen and oxygen atoms in total. The van der Waals surface area contributed by atoms with Gasteiger partial charge < -0.3 is 10.1 Å². The first-order chi connectivity index (χ1) is 11.4. The number of fused-ring (bicyclic) bond motifs is 1. The molecule has 0 unspecified atom stereocenters. The fraction of sp³-hybridized carbons (Fsp3) is 0.231. The van der Waals surface area contributed by atoms with Gasteiger partial charge in [-0.25, -0.2) is 19.9 Å². The van der Waals surface area contributed by atoms with Crippen molar-refractivity contribution in [2.75, 3.05) is 12.4 Å². The molecule has 1 N–H and O–H groups in total. The standard InChI is InChI=1S/C13H9ClF3N5OS/c1-23-5-8-20-7-2-6(14)3-18-10(7)11(21-8)22-9-4-19-12(24-9)13(15,16)17/h2-4H,5H2,1H3,(H,20,21,22). The van der Waals surface area contributed by atoms with Crippen LogP contribution in [0.5, 0.6) is 0 Å². The number of pyridine rings is 1. The van der Waals surface area contributed by atoms with E-state index in [-0.39, 0.29) is 17.4 Å². The van der Waals surface area contributed by atoms with E-state index in [0.717, 1.165) is 6.20 Å². The minimum Gasteiger partial charge on any atom is -0.377 e. The summed E-state index contributed by atoms with van der Waals surface area (Å²) in [6, 6.07) is 1.59. The number of aromatic nitrogens is 4. The fourth-order valence-corrected chi connectivity index (χ4v) is 2.74. The molecular formula is C13H9ClF3N5OS. The zero-order valence-electron chi connectivity index (χ0n) is 12.1. The van der Waals surface area contributed by atoms with Gasteiger partial charge in [0.25, 0.3) is 0 Å². The smallest absolute Gasteiger partial charge is 0.377 e. The van der Waals surface area contributed by atoms with Crippen LogP contribution in [-0.4, -0.2) is 27.0 Å². The Bertz CT molecular complexity index is 886. The number of nitrogens with zero attached hydrogens (tertiary/aromatic N) is 4. The van der Waals surface area contributed by atoms with Crippen LogP contribution in [0.25, 0.3) is 11.0 Å².